The maximum Gasteiger partial charge on any atom is 0.258 e. The van der Waals surface area contributed by atoms with Crippen molar-refractivity contribution in [1.82, 2.24) is 9.38 Å². The summed E-state index contributed by atoms with van der Waals surface area (Å²) in [7, 11) is 0. The molecule has 0 atom stereocenters. The van der Waals surface area contributed by atoms with Crippen molar-refractivity contribution in [3.8, 4) is 0 Å². The molecule has 2 heterocycles. The molecule has 0 aliphatic rings. The molecule has 26 heavy (non-hydrogen) atoms. The smallest absolute Gasteiger partial charge is 0.258 e. The normalized spacial score (nSPS) is 10.9. The first-order chi connectivity index (χ1) is 12.4. The van der Waals surface area contributed by atoms with Gasteiger partial charge in [-0.25, -0.2) is 4.98 Å². The van der Waals surface area contributed by atoms with Crippen molar-refractivity contribution in [2.75, 3.05) is 11.1 Å². The number of rotatable bonds is 5. The van der Waals surface area contributed by atoms with Gasteiger partial charge in [0.25, 0.3) is 5.56 Å². The number of nitrogens with one attached hydrogen (secondary N) is 1. The molecule has 7 heteroatoms. The van der Waals surface area contributed by atoms with Gasteiger partial charge in [0.15, 0.2) is 0 Å². The average Bonchev–Trinajstić information content (AvgIpc) is 2.58. The molecule has 2 aromatic heterocycles. The maximum absolute atomic E-state index is 12.1. The van der Waals surface area contributed by atoms with E-state index in [2.05, 4.69) is 10.3 Å². The van der Waals surface area contributed by atoms with Gasteiger partial charge in [0.2, 0.25) is 5.91 Å². The van der Waals surface area contributed by atoms with E-state index < -0.39 is 0 Å². The SMILES string of the molecule is Cc1ccc(NC(=O)CSCc2cc(=O)n3cc(Cl)ccc3n2)c(C)c1. The summed E-state index contributed by atoms with van der Waals surface area (Å²) in [5.74, 6) is 0.690. The molecule has 0 unspecified atom stereocenters. The van der Waals surface area contributed by atoms with Crippen molar-refractivity contribution >= 4 is 40.6 Å². The van der Waals surface area contributed by atoms with E-state index >= 15 is 0 Å². The predicted molar refractivity (Wildman–Crippen MR) is 107 cm³/mol. The summed E-state index contributed by atoms with van der Waals surface area (Å²) in [6, 6.07) is 10.8. The van der Waals surface area contributed by atoms with Crippen LogP contribution >= 0.6 is 23.4 Å². The Hall–Kier alpha value is -2.31. The van der Waals surface area contributed by atoms with E-state index in [0.717, 1.165) is 16.8 Å². The Morgan fingerprint density at radius 2 is 2.04 bits per heavy atom. The molecule has 0 spiro atoms. The minimum atomic E-state index is -0.187. The third kappa shape index (κ3) is 4.45. The molecule has 0 radical (unpaired) electrons. The first kappa shape index (κ1) is 18.5. The van der Waals surface area contributed by atoms with Crippen LogP contribution in [0.3, 0.4) is 0 Å². The number of thioether (sulfide) groups is 1. The summed E-state index contributed by atoms with van der Waals surface area (Å²) in [5, 5.41) is 3.39. The van der Waals surface area contributed by atoms with Gasteiger partial charge in [-0.3, -0.25) is 14.0 Å². The molecule has 0 saturated heterocycles. The number of amides is 1. The van der Waals surface area contributed by atoms with E-state index in [1.165, 1.54) is 22.2 Å². The quantitative estimate of drug-likeness (QED) is 0.722. The van der Waals surface area contributed by atoms with Crippen molar-refractivity contribution in [2.24, 2.45) is 0 Å². The molecule has 0 fully saturated rings. The van der Waals surface area contributed by atoms with Crippen LogP contribution in [0.5, 0.6) is 0 Å². The lowest BCUT2D eigenvalue weighted by Gasteiger charge is -2.09. The van der Waals surface area contributed by atoms with Crippen LogP contribution in [-0.4, -0.2) is 21.0 Å². The van der Waals surface area contributed by atoms with Gasteiger partial charge in [0.1, 0.15) is 5.65 Å². The molecular weight excluding hydrogens is 370 g/mol. The molecule has 134 valence electrons. The highest BCUT2D eigenvalue weighted by Crippen LogP contribution is 2.17. The number of aryl methyl sites for hydroxylation is 2. The number of pyridine rings is 1. The van der Waals surface area contributed by atoms with Crippen LogP contribution in [-0.2, 0) is 10.5 Å². The largest absolute Gasteiger partial charge is 0.325 e. The molecule has 0 aliphatic carbocycles. The minimum Gasteiger partial charge on any atom is -0.325 e. The second-order valence-electron chi connectivity index (χ2n) is 6.02. The minimum absolute atomic E-state index is 0.0776. The molecule has 3 rings (SSSR count). The molecule has 5 nitrogen and oxygen atoms in total. The number of halogens is 1. The van der Waals surface area contributed by atoms with Gasteiger partial charge in [-0.15, -0.1) is 11.8 Å². The molecule has 1 aromatic carbocycles. The molecule has 3 aromatic rings. The van der Waals surface area contributed by atoms with Crippen molar-refractivity contribution in [1.29, 1.82) is 0 Å². The van der Waals surface area contributed by atoms with Gasteiger partial charge in [0, 0.05) is 23.7 Å². The molecular formula is C19H18ClN3O2S. The highest BCUT2D eigenvalue weighted by Gasteiger charge is 2.07. The number of fused-ring (bicyclic) bond motifs is 1. The summed E-state index contributed by atoms with van der Waals surface area (Å²) < 4.78 is 1.41. The van der Waals surface area contributed by atoms with Gasteiger partial charge >= 0.3 is 0 Å². The number of aromatic nitrogens is 2. The Morgan fingerprint density at radius 1 is 1.23 bits per heavy atom. The summed E-state index contributed by atoms with van der Waals surface area (Å²) in [4.78, 5) is 28.7. The standard InChI is InChI=1S/C19H18ClN3O2S/c1-12-3-5-16(13(2)7-12)22-18(24)11-26-10-15-8-19(25)23-9-14(20)4-6-17(23)21-15/h3-9H,10-11H2,1-2H3,(H,22,24). The second-order valence-corrected chi connectivity index (χ2v) is 7.44. The topological polar surface area (TPSA) is 63.5 Å². The van der Waals surface area contributed by atoms with Crippen LogP contribution in [0, 0.1) is 13.8 Å². The summed E-state index contributed by atoms with van der Waals surface area (Å²) in [5.41, 5.74) is 4.00. The molecule has 0 saturated carbocycles. The van der Waals surface area contributed by atoms with Gasteiger partial charge < -0.3 is 5.32 Å². The van der Waals surface area contributed by atoms with E-state index in [0.29, 0.717) is 22.1 Å². The Balaban J connectivity index is 1.61. The summed E-state index contributed by atoms with van der Waals surface area (Å²) in [6.07, 6.45) is 1.54. The fraction of sp³-hybridized carbons (Fsp3) is 0.211. The van der Waals surface area contributed by atoms with Gasteiger partial charge in [-0.1, -0.05) is 29.3 Å². The lowest BCUT2D eigenvalue weighted by atomic mass is 10.1. The zero-order chi connectivity index (χ0) is 18.7. The third-order valence-corrected chi connectivity index (χ3v) is 5.01. The van der Waals surface area contributed by atoms with Gasteiger partial charge in [-0.05, 0) is 37.6 Å². The van der Waals surface area contributed by atoms with E-state index in [4.69, 9.17) is 11.6 Å². The lowest BCUT2D eigenvalue weighted by Crippen LogP contribution is -2.16. The van der Waals surface area contributed by atoms with Gasteiger partial charge in [-0.2, -0.15) is 0 Å². The fourth-order valence-electron chi connectivity index (χ4n) is 2.59. The van der Waals surface area contributed by atoms with E-state index in [-0.39, 0.29) is 17.2 Å². The van der Waals surface area contributed by atoms with Crippen LogP contribution in [0.2, 0.25) is 5.02 Å². The lowest BCUT2D eigenvalue weighted by molar-refractivity contribution is -0.113. The highest BCUT2D eigenvalue weighted by molar-refractivity contribution is 7.99. The Labute approximate surface area is 160 Å². The Morgan fingerprint density at radius 3 is 2.81 bits per heavy atom. The number of anilines is 1. The van der Waals surface area contributed by atoms with E-state index in [1.807, 2.05) is 32.0 Å². The van der Waals surface area contributed by atoms with Crippen LogP contribution in [0.1, 0.15) is 16.8 Å². The summed E-state index contributed by atoms with van der Waals surface area (Å²) >= 11 is 7.31. The van der Waals surface area contributed by atoms with E-state index in [9.17, 15) is 9.59 Å². The number of carbonyl (C=O) groups is 1. The number of benzene rings is 1. The molecule has 1 N–H and O–H groups in total. The van der Waals surface area contributed by atoms with Crippen molar-refractivity contribution < 1.29 is 4.79 Å². The Kier molecular flexibility index (Phi) is 5.64. The predicted octanol–water partition coefficient (Wildman–Crippen LogP) is 3.84. The fourth-order valence-corrected chi connectivity index (χ4v) is 3.47. The van der Waals surface area contributed by atoms with E-state index in [1.54, 1.807) is 18.3 Å². The molecule has 1 amide bonds. The number of carbonyl (C=O) groups excluding carboxylic acids is 1. The number of hydrogen-bond donors (Lipinski definition) is 1. The van der Waals surface area contributed by atoms with Crippen LogP contribution in [0.15, 0.2) is 47.4 Å². The van der Waals surface area contributed by atoms with Gasteiger partial charge in [0.05, 0.1) is 16.5 Å². The monoisotopic (exact) mass is 387 g/mol. The Bertz CT molecular complexity index is 1030. The third-order valence-electron chi connectivity index (χ3n) is 3.82. The highest BCUT2D eigenvalue weighted by atomic mass is 35.5. The van der Waals surface area contributed by atoms with Crippen LogP contribution in [0.4, 0.5) is 5.69 Å². The summed E-state index contributed by atoms with van der Waals surface area (Å²) in [6.45, 7) is 3.98. The maximum atomic E-state index is 12.1. The molecule has 0 bridgehead atoms. The van der Waals surface area contributed by atoms with Crippen LogP contribution in [0.25, 0.3) is 5.65 Å². The molecule has 0 aliphatic heterocycles. The van der Waals surface area contributed by atoms with Crippen LogP contribution < -0.4 is 10.9 Å². The van der Waals surface area contributed by atoms with Crippen molar-refractivity contribution in [3.63, 3.8) is 0 Å². The zero-order valence-corrected chi connectivity index (χ0v) is 16.0. The van der Waals surface area contributed by atoms with Crippen molar-refractivity contribution in [3.05, 3.63) is 74.8 Å². The average molecular weight is 388 g/mol. The van der Waals surface area contributed by atoms with Crippen molar-refractivity contribution in [2.45, 2.75) is 19.6 Å². The number of nitrogens with zero attached hydrogens (tertiary/aromatic N) is 2. The zero-order valence-electron chi connectivity index (χ0n) is 14.5. The first-order valence-electron chi connectivity index (χ1n) is 8.05. The first-order valence-corrected chi connectivity index (χ1v) is 9.58. The second kappa shape index (κ2) is 7.93. The number of hydrogen-bond acceptors (Lipinski definition) is 4.